The summed E-state index contributed by atoms with van der Waals surface area (Å²) in [5, 5.41) is 2.21. The average molecular weight is 828 g/mol. The van der Waals surface area contributed by atoms with Crippen LogP contribution in [0, 0.1) is 22.9 Å². The van der Waals surface area contributed by atoms with E-state index in [4.69, 9.17) is 9.97 Å². The zero-order chi connectivity index (χ0) is 33.6. The zero-order valence-electron chi connectivity index (χ0n) is 28.9. The van der Waals surface area contributed by atoms with Crippen molar-refractivity contribution in [3.05, 3.63) is 54.9 Å². The minimum Gasteiger partial charge on any atom is -0.243 e. The number of hydrogen-bond donors (Lipinski definition) is 0. The number of benzene rings is 3. The highest BCUT2D eigenvalue weighted by atomic mass is 79.9. The van der Waals surface area contributed by atoms with Crippen molar-refractivity contribution >= 4 is 96.8 Å². The van der Waals surface area contributed by atoms with Crippen LogP contribution in [0.2, 0.25) is 33.2 Å². The Hall–Kier alpha value is -1.49. The van der Waals surface area contributed by atoms with Crippen LogP contribution in [0.1, 0.15) is 94.2 Å². The minimum atomic E-state index is -2.01. The van der Waals surface area contributed by atoms with Crippen molar-refractivity contribution in [2.45, 2.75) is 116 Å². The molecular formula is C38H47Br3N2Si2. The smallest absolute Gasteiger partial charge is 0.146 e. The summed E-state index contributed by atoms with van der Waals surface area (Å²) < 4.78 is 2.73. The average Bonchev–Trinajstić information content (AvgIpc) is 2.95. The molecule has 0 saturated carbocycles. The summed E-state index contributed by atoms with van der Waals surface area (Å²) >= 11 is 11.2. The van der Waals surface area contributed by atoms with Crippen LogP contribution in [0.25, 0.3) is 32.8 Å². The van der Waals surface area contributed by atoms with Gasteiger partial charge < -0.3 is 0 Å². The van der Waals surface area contributed by atoms with Crippen molar-refractivity contribution in [3.8, 4) is 22.9 Å². The van der Waals surface area contributed by atoms with Gasteiger partial charge in [0.2, 0.25) is 0 Å². The topological polar surface area (TPSA) is 25.8 Å². The summed E-state index contributed by atoms with van der Waals surface area (Å²) in [7, 11) is -4.02. The highest BCUT2D eigenvalue weighted by Gasteiger charge is 2.43. The standard InChI is InChI=1S/C38H47Br3N2Si2/c1-22(2)44(23(3)4,24(5)6)19-17-30-28-15-13-14-16-29(28)31(18-20-45(25(7)8,26(9)10)27(11)12)37-36(30)42-33-21-32(39)34(40)35(41)38(33)43-37/h13-16,21-27H,1-12H3. The first-order chi connectivity index (χ1) is 21.0. The van der Waals surface area contributed by atoms with E-state index in [-0.39, 0.29) is 0 Å². The van der Waals surface area contributed by atoms with Crippen molar-refractivity contribution in [2.24, 2.45) is 0 Å². The molecule has 0 aliphatic heterocycles. The maximum Gasteiger partial charge on any atom is 0.146 e. The molecule has 45 heavy (non-hydrogen) atoms. The van der Waals surface area contributed by atoms with Gasteiger partial charge in [-0.25, -0.2) is 9.97 Å². The fourth-order valence-corrected chi connectivity index (χ4v) is 20.0. The Kier molecular flexibility index (Phi) is 11.3. The van der Waals surface area contributed by atoms with E-state index in [2.05, 4.69) is 178 Å². The van der Waals surface area contributed by atoms with Crippen molar-refractivity contribution in [1.29, 1.82) is 0 Å². The van der Waals surface area contributed by atoms with Gasteiger partial charge in [0.25, 0.3) is 0 Å². The van der Waals surface area contributed by atoms with Gasteiger partial charge in [-0.15, -0.1) is 11.1 Å². The third-order valence-electron chi connectivity index (χ3n) is 10.3. The molecule has 2 nitrogen and oxygen atoms in total. The van der Waals surface area contributed by atoms with E-state index in [1.165, 1.54) is 0 Å². The fraction of sp³-hybridized carbons (Fsp3) is 0.474. The quantitative estimate of drug-likeness (QED) is 0.0837. The Morgan fingerprint density at radius 1 is 0.533 bits per heavy atom. The minimum absolute atomic E-state index is 0.531. The lowest BCUT2D eigenvalue weighted by molar-refractivity contribution is 0.838. The van der Waals surface area contributed by atoms with Crippen LogP contribution in [0.5, 0.6) is 0 Å². The Balaban J connectivity index is 2.27. The van der Waals surface area contributed by atoms with Gasteiger partial charge >= 0.3 is 0 Å². The van der Waals surface area contributed by atoms with Crippen molar-refractivity contribution in [3.63, 3.8) is 0 Å². The van der Waals surface area contributed by atoms with Crippen molar-refractivity contribution in [1.82, 2.24) is 9.97 Å². The van der Waals surface area contributed by atoms with Crippen LogP contribution < -0.4 is 0 Å². The van der Waals surface area contributed by atoms with E-state index >= 15 is 0 Å². The van der Waals surface area contributed by atoms with E-state index in [0.29, 0.717) is 33.2 Å². The second-order valence-corrected chi connectivity index (χ2v) is 28.0. The number of aromatic nitrogens is 2. The zero-order valence-corrected chi connectivity index (χ0v) is 35.6. The van der Waals surface area contributed by atoms with E-state index in [9.17, 15) is 0 Å². The summed E-state index contributed by atoms with van der Waals surface area (Å²) in [4.78, 5) is 10.7. The number of nitrogens with zero attached hydrogens (tertiary/aromatic N) is 2. The normalized spacial score (nSPS) is 12.7. The van der Waals surface area contributed by atoms with Crippen LogP contribution >= 0.6 is 47.8 Å². The molecule has 1 heterocycles. The molecule has 0 aliphatic carbocycles. The van der Waals surface area contributed by atoms with Gasteiger partial charge in [0, 0.05) is 19.7 Å². The highest BCUT2D eigenvalue weighted by molar-refractivity contribution is 9.14. The molecule has 0 atom stereocenters. The Morgan fingerprint density at radius 3 is 1.29 bits per heavy atom. The first kappa shape index (κ1) is 36.4. The molecule has 0 N–H and O–H groups in total. The Labute approximate surface area is 298 Å². The monoisotopic (exact) mass is 824 g/mol. The van der Waals surface area contributed by atoms with Gasteiger partial charge in [-0.2, -0.15) is 0 Å². The number of rotatable bonds is 6. The second kappa shape index (κ2) is 13.9. The summed E-state index contributed by atoms with van der Waals surface area (Å²) in [5.41, 5.74) is 16.4. The van der Waals surface area contributed by atoms with Crippen LogP contribution in [0.15, 0.2) is 43.7 Å². The molecule has 7 heteroatoms. The van der Waals surface area contributed by atoms with Gasteiger partial charge in [-0.05, 0) is 87.1 Å². The summed E-state index contributed by atoms with van der Waals surface area (Å²) in [6.45, 7) is 28.4. The van der Waals surface area contributed by atoms with Crippen molar-refractivity contribution in [2.75, 3.05) is 0 Å². The molecule has 0 aliphatic rings. The summed E-state index contributed by atoms with van der Waals surface area (Å²) in [5.74, 6) is 7.63. The molecule has 0 bridgehead atoms. The molecular weight excluding hydrogens is 780 g/mol. The molecule has 0 unspecified atom stereocenters. The molecule has 0 spiro atoms. The molecule has 0 fully saturated rings. The first-order valence-corrected chi connectivity index (χ1v) is 23.1. The maximum atomic E-state index is 5.37. The van der Waals surface area contributed by atoms with Crippen LogP contribution in [-0.4, -0.2) is 26.1 Å². The SMILES string of the molecule is CC(C)[Si](C#Cc1c2ccccc2c(C#C[Si](C(C)C)(C(C)C)C(C)C)c2nc3c(Br)c(Br)c(Br)cc3nc12)(C(C)C)C(C)C. The molecule has 3 aromatic carbocycles. The number of halogens is 3. The molecule has 4 aromatic rings. The third kappa shape index (κ3) is 6.27. The molecule has 0 radical (unpaired) electrons. The largest absolute Gasteiger partial charge is 0.243 e. The van der Waals surface area contributed by atoms with E-state index in [0.717, 1.165) is 57.4 Å². The van der Waals surface area contributed by atoms with Crippen LogP contribution in [0.4, 0.5) is 0 Å². The summed E-state index contributed by atoms with van der Waals surface area (Å²) in [6.07, 6.45) is 0. The van der Waals surface area contributed by atoms with Gasteiger partial charge in [0.15, 0.2) is 0 Å². The van der Waals surface area contributed by atoms with Crippen LogP contribution in [0.3, 0.4) is 0 Å². The van der Waals surface area contributed by atoms with E-state index < -0.39 is 16.1 Å². The molecule has 238 valence electrons. The number of hydrogen-bond acceptors (Lipinski definition) is 2. The Bertz CT molecular complexity index is 1840. The fourth-order valence-electron chi connectivity index (χ4n) is 8.09. The predicted molar refractivity (Wildman–Crippen MR) is 214 cm³/mol. The third-order valence-corrected chi connectivity index (χ3v) is 26.1. The molecule has 0 amide bonds. The van der Waals surface area contributed by atoms with E-state index in [1.54, 1.807) is 0 Å². The second-order valence-electron chi connectivity index (χ2n) is 14.4. The Morgan fingerprint density at radius 2 is 0.911 bits per heavy atom. The van der Waals surface area contributed by atoms with Gasteiger partial charge in [-0.3, -0.25) is 0 Å². The van der Waals surface area contributed by atoms with Gasteiger partial charge in [-0.1, -0.05) is 119 Å². The lowest BCUT2D eigenvalue weighted by Gasteiger charge is -2.38. The summed E-state index contributed by atoms with van der Waals surface area (Å²) in [6, 6.07) is 10.7. The maximum absolute atomic E-state index is 5.37. The van der Waals surface area contributed by atoms with Gasteiger partial charge in [0.1, 0.15) is 32.7 Å². The highest BCUT2D eigenvalue weighted by Crippen LogP contribution is 2.43. The lowest BCUT2D eigenvalue weighted by Crippen LogP contribution is -2.43. The molecule has 0 saturated heterocycles. The lowest BCUT2D eigenvalue weighted by atomic mass is 9.97. The predicted octanol–water partition coefficient (Wildman–Crippen LogP) is 13.4. The van der Waals surface area contributed by atoms with Gasteiger partial charge in [0.05, 0.1) is 21.1 Å². The molecule has 4 rings (SSSR count). The first-order valence-electron chi connectivity index (χ1n) is 16.3. The molecule has 1 aromatic heterocycles. The van der Waals surface area contributed by atoms with Crippen molar-refractivity contribution < 1.29 is 0 Å². The van der Waals surface area contributed by atoms with E-state index in [1.807, 2.05) is 6.07 Å². The van der Waals surface area contributed by atoms with Crippen LogP contribution in [-0.2, 0) is 0 Å². The number of fused-ring (bicyclic) bond motifs is 3.